The fourth-order valence-corrected chi connectivity index (χ4v) is 2.20. The lowest BCUT2D eigenvalue weighted by Crippen LogP contribution is -2.31. The monoisotopic (exact) mass is 276 g/mol. The molecule has 0 spiro atoms. The summed E-state index contributed by atoms with van der Waals surface area (Å²) in [4.78, 5) is 15.0. The molecule has 0 bridgehead atoms. The molecule has 1 aromatic heterocycles. The molecule has 0 aliphatic rings. The molecule has 0 fully saturated rings. The Labute approximate surface area is 113 Å². The molecule has 1 heterocycles. The van der Waals surface area contributed by atoms with Gasteiger partial charge >= 0.3 is 0 Å². The Balaban J connectivity index is 0.00000256. The van der Waals surface area contributed by atoms with E-state index in [4.69, 9.17) is 5.73 Å². The normalized spacial score (nSPS) is 11.7. The summed E-state index contributed by atoms with van der Waals surface area (Å²) in [6.45, 7) is 5.43. The lowest BCUT2D eigenvalue weighted by molar-refractivity contribution is -0.131. The predicted octanol–water partition coefficient (Wildman–Crippen LogP) is 2.65. The standard InChI is InChI=1S/C12H20N2OS.ClH/c1-3-14(9-11-5-4-8-16-11)12(15)7-6-10(2)13;/h4-5,8,10H,3,6-7,9,13H2,1-2H3;1H. The summed E-state index contributed by atoms with van der Waals surface area (Å²) < 4.78 is 0. The van der Waals surface area contributed by atoms with Gasteiger partial charge in [-0.25, -0.2) is 0 Å². The number of halogens is 1. The summed E-state index contributed by atoms with van der Waals surface area (Å²) in [5, 5.41) is 2.04. The van der Waals surface area contributed by atoms with Crippen molar-refractivity contribution >= 4 is 29.7 Å². The fraction of sp³-hybridized carbons (Fsp3) is 0.583. The van der Waals surface area contributed by atoms with E-state index in [2.05, 4.69) is 6.07 Å². The molecule has 98 valence electrons. The van der Waals surface area contributed by atoms with Crippen LogP contribution in [0.4, 0.5) is 0 Å². The van der Waals surface area contributed by atoms with E-state index in [0.717, 1.165) is 19.5 Å². The van der Waals surface area contributed by atoms with Crippen LogP contribution in [-0.2, 0) is 11.3 Å². The molecule has 3 nitrogen and oxygen atoms in total. The minimum atomic E-state index is 0. The van der Waals surface area contributed by atoms with Crippen LogP contribution in [0.1, 0.15) is 31.6 Å². The minimum absolute atomic E-state index is 0. The number of nitrogens with zero attached hydrogens (tertiary/aromatic N) is 1. The van der Waals surface area contributed by atoms with Gasteiger partial charge in [0.15, 0.2) is 0 Å². The van der Waals surface area contributed by atoms with Gasteiger partial charge in [0.05, 0.1) is 6.54 Å². The van der Waals surface area contributed by atoms with Crippen molar-refractivity contribution in [1.29, 1.82) is 0 Å². The largest absolute Gasteiger partial charge is 0.338 e. The smallest absolute Gasteiger partial charge is 0.222 e. The maximum atomic E-state index is 11.9. The van der Waals surface area contributed by atoms with Crippen LogP contribution in [0.3, 0.4) is 0 Å². The zero-order valence-electron chi connectivity index (χ0n) is 10.4. The van der Waals surface area contributed by atoms with Crippen LogP contribution < -0.4 is 5.73 Å². The van der Waals surface area contributed by atoms with Crippen LogP contribution in [0.2, 0.25) is 0 Å². The second kappa shape index (κ2) is 8.50. The first-order valence-electron chi connectivity index (χ1n) is 5.69. The number of thiophene rings is 1. The van der Waals surface area contributed by atoms with Crippen molar-refractivity contribution in [3.8, 4) is 0 Å². The molecule has 17 heavy (non-hydrogen) atoms. The van der Waals surface area contributed by atoms with E-state index in [0.29, 0.717) is 6.42 Å². The van der Waals surface area contributed by atoms with Gasteiger partial charge in [-0.15, -0.1) is 23.7 Å². The number of nitrogens with two attached hydrogens (primary N) is 1. The SMILES string of the molecule is CCN(Cc1cccs1)C(=O)CCC(C)N.Cl. The molecule has 1 amide bonds. The van der Waals surface area contributed by atoms with Crippen LogP contribution in [0.5, 0.6) is 0 Å². The van der Waals surface area contributed by atoms with Crippen LogP contribution in [0.25, 0.3) is 0 Å². The fourth-order valence-electron chi connectivity index (χ4n) is 1.48. The van der Waals surface area contributed by atoms with Gasteiger partial charge < -0.3 is 10.6 Å². The maximum Gasteiger partial charge on any atom is 0.222 e. The van der Waals surface area contributed by atoms with Crippen LogP contribution >= 0.6 is 23.7 Å². The van der Waals surface area contributed by atoms with Crippen molar-refractivity contribution in [3.63, 3.8) is 0 Å². The number of hydrogen-bond donors (Lipinski definition) is 1. The molecule has 2 N–H and O–H groups in total. The minimum Gasteiger partial charge on any atom is -0.338 e. The van der Waals surface area contributed by atoms with E-state index in [1.54, 1.807) is 11.3 Å². The zero-order valence-corrected chi connectivity index (χ0v) is 12.0. The molecule has 1 unspecified atom stereocenters. The highest BCUT2D eigenvalue weighted by molar-refractivity contribution is 7.09. The van der Waals surface area contributed by atoms with Crippen LogP contribution in [-0.4, -0.2) is 23.4 Å². The van der Waals surface area contributed by atoms with E-state index in [9.17, 15) is 4.79 Å². The highest BCUT2D eigenvalue weighted by atomic mass is 35.5. The highest BCUT2D eigenvalue weighted by Gasteiger charge is 2.12. The van der Waals surface area contributed by atoms with Gasteiger partial charge in [0, 0.05) is 23.9 Å². The number of carbonyl (C=O) groups is 1. The molecule has 0 saturated heterocycles. The average molecular weight is 277 g/mol. The predicted molar refractivity (Wildman–Crippen MR) is 75.5 cm³/mol. The summed E-state index contributed by atoms with van der Waals surface area (Å²) in [6, 6.07) is 4.18. The van der Waals surface area contributed by atoms with Crippen molar-refractivity contribution < 1.29 is 4.79 Å². The topological polar surface area (TPSA) is 46.3 Å². The van der Waals surface area contributed by atoms with E-state index in [1.807, 2.05) is 30.2 Å². The molecule has 0 saturated carbocycles. The van der Waals surface area contributed by atoms with Gasteiger partial charge in [-0.3, -0.25) is 4.79 Å². The molecular weight excluding hydrogens is 256 g/mol. The Morgan fingerprint density at radius 2 is 2.29 bits per heavy atom. The number of carbonyl (C=O) groups excluding carboxylic acids is 1. The molecule has 5 heteroatoms. The maximum absolute atomic E-state index is 11.9. The molecule has 0 aliphatic heterocycles. The van der Waals surface area contributed by atoms with Gasteiger partial charge in [-0.1, -0.05) is 6.07 Å². The summed E-state index contributed by atoms with van der Waals surface area (Å²) in [7, 11) is 0. The van der Waals surface area contributed by atoms with Crippen molar-refractivity contribution in [1.82, 2.24) is 4.90 Å². The third kappa shape index (κ3) is 6.05. The van der Waals surface area contributed by atoms with E-state index < -0.39 is 0 Å². The van der Waals surface area contributed by atoms with Gasteiger partial charge in [-0.05, 0) is 31.7 Å². The molecule has 0 aliphatic carbocycles. The van der Waals surface area contributed by atoms with Crippen molar-refractivity contribution in [2.45, 2.75) is 39.3 Å². The summed E-state index contributed by atoms with van der Waals surface area (Å²) in [6.07, 6.45) is 1.32. The third-order valence-electron chi connectivity index (χ3n) is 2.47. The second-order valence-corrected chi connectivity index (χ2v) is 5.04. The summed E-state index contributed by atoms with van der Waals surface area (Å²) in [5.41, 5.74) is 5.65. The Morgan fingerprint density at radius 1 is 1.59 bits per heavy atom. The van der Waals surface area contributed by atoms with Gasteiger partial charge in [0.2, 0.25) is 5.91 Å². The van der Waals surface area contributed by atoms with E-state index in [1.165, 1.54) is 4.88 Å². The number of rotatable bonds is 6. The van der Waals surface area contributed by atoms with Crippen LogP contribution in [0, 0.1) is 0 Å². The first-order valence-corrected chi connectivity index (χ1v) is 6.57. The lowest BCUT2D eigenvalue weighted by Gasteiger charge is -2.20. The Hall–Kier alpha value is -0.580. The Bertz CT molecular complexity index is 314. The van der Waals surface area contributed by atoms with Gasteiger partial charge in [-0.2, -0.15) is 0 Å². The molecular formula is C12H21ClN2OS. The van der Waals surface area contributed by atoms with Crippen molar-refractivity contribution in [2.24, 2.45) is 5.73 Å². The molecule has 1 rings (SSSR count). The zero-order chi connectivity index (χ0) is 12.0. The molecule has 0 radical (unpaired) electrons. The first-order chi connectivity index (χ1) is 7.63. The third-order valence-corrected chi connectivity index (χ3v) is 3.34. The van der Waals surface area contributed by atoms with Crippen LogP contribution in [0.15, 0.2) is 17.5 Å². The highest BCUT2D eigenvalue weighted by Crippen LogP contribution is 2.13. The first kappa shape index (κ1) is 16.4. The van der Waals surface area contributed by atoms with Gasteiger partial charge in [0.1, 0.15) is 0 Å². The Morgan fingerprint density at radius 3 is 2.76 bits per heavy atom. The van der Waals surface area contributed by atoms with E-state index >= 15 is 0 Å². The Kier molecular flexibility index (Phi) is 8.21. The van der Waals surface area contributed by atoms with E-state index in [-0.39, 0.29) is 24.4 Å². The molecule has 1 aromatic rings. The average Bonchev–Trinajstić information content (AvgIpc) is 2.75. The summed E-state index contributed by atoms with van der Waals surface area (Å²) in [5.74, 6) is 0.202. The second-order valence-electron chi connectivity index (χ2n) is 4.00. The molecule has 0 aromatic carbocycles. The lowest BCUT2D eigenvalue weighted by atomic mass is 10.2. The number of hydrogen-bond acceptors (Lipinski definition) is 3. The molecule has 1 atom stereocenters. The summed E-state index contributed by atoms with van der Waals surface area (Å²) >= 11 is 1.69. The number of amides is 1. The van der Waals surface area contributed by atoms with Crippen molar-refractivity contribution in [3.05, 3.63) is 22.4 Å². The van der Waals surface area contributed by atoms with Crippen molar-refractivity contribution in [2.75, 3.05) is 6.54 Å². The van der Waals surface area contributed by atoms with Gasteiger partial charge in [0.25, 0.3) is 0 Å². The quantitative estimate of drug-likeness (QED) is 0.868.